The molecular weight excluding hydrogens is 466 g/mol. The van der Waals surface area contributed by atoms with Crippen molar-refractivity contribution in [3.05, 3.63) is 76.6 Å². The number of carbonyl (C=O) groups excluding carboxylic acids is 2. The molecule has 0 spiro atoms. The molecule has 3 rings (SSSR count). The molecule has 0 aliphatic heterocycles. The molecule has 8 nitrogen and oxygen atoms in total. The van der Waals surface area contributed by atoms with E-state index in [9.17, 15) is 18.4 Å². The quantitative estimate of drug-likeness (QED) is 0.203. The first-order chi connectivity index (χ1) is 17.2. The van der Waals surface area contributed by atoms with Crippen LogP contribution in [0.2, 0.25) is 0 Å². The van der Waals surface area contributed by atoms with Gasteiger partial charge < -0.3 is 20.9 Å². The lowest BCUT2D eigenvalue weighted by Gasteiger charge is -2.20. The summed E-state index contributed by atoms with van der Waals surface area (Å²) >= 11 is 0. The number of allylic oxidation sites excluding steroid dienone is 1. The Hall–Kier alpha value is -4.52. The van der Waals surface area contributed by atoms with Gasteiger partial charge in [0.05, 0.1) is 12.1 Å². The van der Waals surface area contributed by atoms with Gasteiger partial charge in [0.2, 0.25) is 5.95 Å². The van der Waals surface area contributed by atoms with Gasteiger partial charge in [0.25, 0.3) is 11.8 Å². The predicted molar refractivity (Wildman–Crippen MR) is 134 cm³/mol. The molecule has 0 unspecified atom stereocenters. The second-order valence-electron chi connectivity index (χ2n) is 7.86. The largest absolute Gasteiger partial charge is 0.391 e. The molecule has 1 aromatic heterocycles. The van der Waals surface area contributed by atoms with E-state index in [4.69, 9.17) is 0 Å². The predicted octanol–water partition coefficient (Wildman–Crippen LogP) is 2.57. The van der Waals surface area contributed by atoms with Crippen molar-refractivity contribution in [3.8, 4) is 11.8 Å². The van der Waals surface area contributed by atoms with Crippen molar-refractivity contribution in [1.29, 1.82) is 0 Å². The summed E-state index contributed by atoms with van der Waals surface area (Å²) in [7, 11) is 4.81. The smallest absolute Gasteiger partial charge is 0.261 e. The number of rotatable bonds is 7. The second kappa shape index (κ2) is 11.8. The Bertz CT molecular complexity index is 1390. The summed E-state index contributed by atoms with van der Waals surface area (Å²) in [4.78, 5) is 35.6. The number of nitrogens with zero attached hydrogens (tertiary/aromatic N) is 3. The summed E-state index contributed by atoms with van der Waals surface area (Å²) in [5.74, 6) is 3.20. The van der Waals surface area contributed by atoms with Crippen LogP contribution < -0.4 is 16.0 Å². The van der Waals surface area contributed by atoms with E-state index < -0.39 is 23.4 Å². The van der Waals surface area contributed by atoms with Crippen molar-refractivity contribution >= 4 is 28.7 Å². The van der Waals surface area contributed by atoms with Gasteiger partial charge in [-0.1, -0.05) is 17.9 Å². The molecule has 0 saturated carbocycles. The van der Waals surface area contributed by atoms with Gasteiger partial charge in [-0.05, 0) is 42.8 Å². The normalized spacial score (nSPS) is 11.2. The molecule has 0 saturated heterocycles. The minimum absolute atomic E-state index is 0.00667. The van der Waals surface area contributed by atoms with E-state index in [-0.39, 0.29) is 18.7 Å². The molecule has 10 heteroatoms. The van der Waals surface area contributed by atoms with Gasteiger partial charge in [0, 0.05) is 50.5 Å². The van der Waals surface area contributed by atoms with Gasteiger partial charge in [-0.25, -0.2) is 18.7 Å². The van der Waals surface area contributed by atoms with Crippen molar-refractivity contribution in [2.24, 2.45) is 0 Å². The van der Waals surface area contributed by atoms with Crippen LogP contribution in [0.4, 0.5) is 14.7 Å². The van der Waals surface area contributed by atoms with Gasteiger partial charge in [-0.2, -0.15) is 0 Å². The average Bonchev–Trinajstić information content (AvgIpc) is 2.88. The third kappa shape index (κ3) is 6.33. The van der Waals surface area contributed by atoms with Gasteiger partial charge in [0.15, 0.2) is 11.6 Å². The van der Waals surface area contributed by atoms with Crippen LogP contribution in [0.15, 0.2) is 53.9 Å². The maximum Gasteiger partial charge on any atom is 0.261 e. The topological polar surface area (TPSA) is 99.2 Å². The zero-order chi connectivity index (χ0) is 26.2. The van der Waals surface area contributed by atoms with Gasteiger partial charge >= 0.3 is 0 Å². The van der Waals surface area contributed by atoms with Gasteiger partial charge in [-0.15, -0.1) is 0 Å². The lowest BCUT2D eigenvalue weighted by Crippen LogP contribution is -2.38. The summed E-state index contributed by atoms with van der Waals surface area (Å²) in [6.45, 7) is 1.60. The third-order valence-corrected chi connectivity index (χ3v) is 5.31. The van der Waals surface area contributed by atoms with Crippen LogP contribution in [0, 0.1) is 23.5 Å². The number of carbonyl (C=O) groups is 2. The molecule has 0 aliphatic rings. The number of halogens is 2. The van der Waals surface area contributed by atoms with Crippen LogP contribution in [-0.4, -0.2) is 54.4 Å². The number of anilines is 1. The van der Waals surface area contributed by atoms with E-state index in [1.165, 1.54) is 18.0 Å². The van der Waals surface area contributed by atoms with E-state index in [2.05, 4.69) is 37.8 Å². The lowest BCUT2D eigenvalue weighted by molar-refractivity contribution is -0.129. The highest BCUT2D eigenvalue weighted by molar-refractivity contribution is 6.18. The number of likely N-dealkylation sites (N-methyl/N-ethyl adjacent to an activating group) is 1. The molecule has 0 fully saturated rings. The summed E-state index contributed by atoms with van der Waals surface area (Å²) in [6.07, 6.45) is 1.70. The van der Waals surface area contributed by atoms with Crippen LogP contribution >= 0.6 is 0 Å². The highest BCUT2D eigenvalue weighted by Gasteiger charge is 2.24. The molecule has 2 amide bonds. The summed E-state index contributed by atoms with van der Waals surface area (Å²) < 4.78 is 26.7. The molecular formula is C26H26F2N6O2. The number of benzene rings is 2. The number of fused-ring (bicyclic) bond motifs is 1. The van der Waals surface area contributed by atoms with Crippen LogP contribution in [-0.2, 0) is 16.1 Å². The molecule has 3 N–H and O–H groups in total. The van der Waals surface area contributed by atoms with E-state index >= 15 is 0 Å². The number of hydrogen-bond donors (Lipinski definition) is 3. The molecule has 0 radical (unpaired) electrons. The van der Waals surface area contributed by atoms with E-state index in [1.54, 1.807) is 27.2 Å². The third-order valence-electron chi connectivity index (χ3n) is 5.31. The van der Waals surface area contributed by atoms with Crippen molar-refractivity contribution < 1.29 is 18.4 Å². The fourth-order valence-electron chi connectivity index (χ4n) is 3.32. The molecule has 0 atom stereocenters. The maximum atomic E-state index is 13.5. The highest BCUT2D eigenvalue weighted by atomic mass is 19.2. The molecule has 186 valence electrons. The fraction of sp³-hybridized carbons (Fsp3) is 0.231. The lowest BCUT2D eigenvalue weighted by atomic mass is 10.1. The van der Waals surface area contributed by atoms with Crippen LogP contribution in [0.3, 0.4) is 0 Å². The molecule has 0 aliphatic carbocycles. The maximum absolute atomic E-state index is 13.5. The van der Waals surface area contributed by atoms with E-state index in [1.807, 2.05) is 18.2 Å². The zero-order valence-corrected chi connectivity index (χ0v) is 20.4. The van der Waals surface area contributed by atoms with Gasteiger partial charge in [0.1, 0.15) is 5.57 Å². The standard InChI is InChI=1S/C26H26F2N6O2/c1-16(29-2)23(25(36)34(4)15-18-7-9-20(27)21(28)13-18)24(35)31-11-5-6-17-8-10-22-19(12-17)14-32-26(30-3)33-22/h7-10,12-14,29H,11,15H2,1-4H3,(H,31,35)(H,30,32,33)/b23-16-. The number of hydrogen-bond acceptors (Lipinski definition) is 6. The monoisotopic (exact) mass is 492 g/mol. The Morgan fingerprint density at radius 2 is 1.86 bits per heavy atom. The van der Waals surface area contributed by atoms with Crippen LogP contribution in [0.1, 0.15) is 18.1 Å². The molecule has 0 bridgehead atoms. The molecule has 3 aromatic rings. The highest BCUT2D eigenvalue weighted by Crippen LogP contribution is 2.15. The van der Waals surface area contributed by atoms with E-state index in [0.29, 0.717) is 17.2 Å². The van der Waals surface area contributed by atoms with E-state index in [0.717, 1.165) is 28.6 Å². The van der Waals surface area contributed by atoms with Crippen molar-refractivity contribution in [3.63, 3.8) is 0 Å². The number of nitrogens with one attached hydrogen (secondary N) is 3. The van der Waals surface area contributed by atoms with Crippen molar-refractivity contribution in [1.82, 2.24) is 25.5 Å². The molecule has 2 aromatic carbocycles. The Kier molecular flexibility index (Phi) is 8.52. The second-order valence-corrected chi connectivity index (χ2v) is 7.86. The number of aromatic nitrogens is 2. The van der Waals surface area contributed by atoms with Crippen molar-refractivity contribution in [2.75, 3.05) is 33.0 Å². The SMILES string of the molecule is CN/C(C)=C(/C(=O)NCC#Cc1ccc2nc(NC)ncc2c1)C(=O)N(C)Cc1ccc(F)c(F)c1. The summed E-state index contributed by atoms with van der Waals surface area (Å²) in [5, 5.41) is 9.16. The minimum Gasteiger partial charge on any atom is -0.391 e. The Morgan fingerprint density at radius 3 is 2.56 bits per heavy atom. The Morgan fingerprint density at radius 1 is 1.08 bits per heavy atom. The number of amides is 2. The molecule has 1 heterocycles. The Labute approximate surface area is 207 Å². The Balaban J connectivity index is 1.67. The van der Waals surface area contributed by atoms with Crippen molar-refractivity contribution in [2.45, 2.75) is 13.5 Å². The van der Waals surface area contributed by atoms with Gasteiger partial charge in [-0.3, -0.25) is 9.59 Å². The minimum atomic E-state index is -1.01. The molecule has 36 heavy (non-hydrogen) atoms. The summed E-state index contributed by atoms with van der Waals surface area (Å²) in [5.41, 5.74) is 2.14. The average molecular weight is 493 g/mol. The first-order valence-corrected chi connectivity index (χ1v) is 11.0. The summed E-state index contributed by atoms with van der Waals surface area (Å²) in [6, 6.07) is 8.88. The van der Waals surface area contributed by atoms with Crippen LogP contribution in [0.5, 0.6) is 0 Å². The fourth-order valence-corrected chi connectivity index (χ4v) is 3.32. The first kappa shape index (κ1) is 26.1. The van der Waals surface area contributed by atoms with Crippen LogP contribution in [0.25, 0.3) is 10.9 Å². The zero-order valence-electron chi connectivity index (χ0n) is 20.4. The first-order valence-electron chi connectivity index (χ1n) is 11.0.